The summed E-state index contributed by atoms with van der Waals surface area (Å²) in [5, 5.41) is 11.0. The van der Waals surface area contributed by atoms with Crippen LogP contribution in [0.2, 0.25) is 0 Å². The number of halogens is 1. The van der Waals surface area contributed by atoms with Crippen LogP contribution in [0.4, 0.5) is 4.39 Å². The van der Waals surface area contributed by atoms with Gasteiger partial charge in [-0.1, -0.05) is 12.1 Å². The Morgan fingerprint density at radius 3 is 2.88 bits per heavy atom. The van der Waals surface area contributed by atoms with Gasteiger partial charge in [0.15, 0.2) is 11.6 Å². The Morgan fingerprint density at radius 2 is 2.16 bits per heavy atom. The van der Waals surface area contributed by atoms with Crippen LogP contribution in [0.3, 0.4) is 0 Å². The van der Waals surface area contributed by atoms with Crippen molar-refractivity contribution >= 4 is 5.91 Å². The van der Waals surface area contributed by atoms with E-state index in [0.717, 1.165) is 0 Å². The third-order valence-corrected chi connectivity index (χ3v) is 4.11. The molecule has 8 heteroatoms. The summed E-state index contributed by atoms with van der Waals surface area (Å²) in [6.07, 6.45) is 0. The van der Waals surface area contributed by atoms with Crippen LogP contribution < -0.4 is 10.1 Å². The fraction of sp³-hybridized carbons (Fsp3) is 0.471. The van der Waals surface area contributed by atoms with Crippen molar-refractivity contribution in [1.82, 2.24) is 25.0 Å². The number of nitrogens with zero attached hydrogens (tertiary/aromatic N) is 4. The predicted octanol–water partition coefficient (Wildman–Crippen LogP) is 1.58. The number of benzene rings is 1. The molecule has 0 saturated carbocycles. The van der Waals surface area contributed by atoms with Gasteiger partial charge < -0.3 is 14.6 Å². The second-order valence-corrected chi connectivity index (χ2v) is 6.36. The highest BCUT2D eigenvalue weighted by Gasteiger charge is 2.25. The molecule has 134 valence electrons. The van der Waals surface area contributed by atoms with Crippen LogP contribution in [0.5, 0.6) is 5.75 Å². The number of nitrogens with one attached hydrogen (secondary N) is 1. The Kier molecular flexibility index (Phi) is 4.98. The fourth-order valence-corrected chi connectivity index (χ4v) is 2.91. The minimum atomic E-state index is -0.339. The average Bonchev–Trinajstić information content (AvgIpc) is 2.99. The van der Waals surface area contributed by atoms with Crippen molar-refractivity contribution in [3.63, 3.8) is 0 Å². The van der Waals surface area contributed by atoms with Crippen LogP contribution in [0.25, 0.3) is 0 Å². The zero-order chi connectivity index (χ0) is 18.0. The van der Waals surface area contributed by atoms with E-state index < -0.39 is 0 Å². The van der Waals surface area contributed by atoms with Crippen molar-refractivity contribution in [3.05, 3.63) is 41.2 Å². The highest BCUT2D eigenvalue weighted by molar-refractivity contribution is 5.90. The third kappa shape index (κ3) is 3.63. The van der Waals surface area contributed by atoms with Crippen molar-refractivity contribution in [2.45, 2.75) is 39.5 Å². The molecule has 1 aliphatic heterocycles. The molecule has 7 nitrogen and oxygen atoms in total. The lowest BCUT2D eigenvalue weighted by molar-refractivity contribution is 0.0923. The molecule has 1 aliphatic rings. The van der Waals surface area contributed by atoms with Gasteiger partial charge in [0.25, 0.3) is 5.91 Å². The Morgan fingerprint density at radius 1 is 1.36 bits per heavy atom. The Balaban J connectivity index is 1.72. The van der Waals surface area contributed by atoms with Gasteiger partial charge in [0.05, 0.1) is 13.7 Å². The Bertz CT molecular complexity index is 774. The molecule has 1 aromatic carbocycles. The number of ether oxygens (including phenoxy) is 1. The molecule has 2 heterocycles. The van der Waals surface area contributed by atoms with Crippen LogP contribution in [-0.2, 0) is 19.6 Å². The molecule has 2 aromatic rings. The molecule has 1 N–H and O–H groups in total. The summed E-state index contributed by atoms with van der Waals surface area (Å²) in [7, 11) is 1.45. The molecular formula is C17H22FN5O2. The molecule has 25 heavy (non-hydrogen) atoms. The van der Waals surface area contributed by atoms with E-state index in [1.54, 1.807) is 18.2 Å². The van der Waals surface area contributed by atoms with Gasteiger partial charge >= 0.3 is 0 Å². The van der Waals surface area contributed by atoms with Gasteiger partial charge in [0.1, 0.15) is 5.82 Å². The number of hydrogen-bond acceptors (Lipinski definition) is 5. The molecule has 0 bridgehead atoms. The lowest BCUT2D eigenvalue weighted by Crippen LogP contribution is -2.37. The van der Waals surface area contributed by atoms with Gasteiger partial charge in [-0.25, -0.2) is 4.39 Å². The summed E-state index contributed by atoms with van der Waals surface area (Å²) >= 11 is 0. The van der Waals surface area contributed by atoms with E-state index >= 15 is 0 Å². The standard InChI is InChI=1S/C17H22FN5O2/c1-11(2)19-17(24)16-21-20-14-10-22(7-8-23(14)16)9-12-5-4-6-13(25-3)15(12)18/h4-6,11H,7-10H2,1-3H3,(H,19,24). The zero-order valence-electron chi connectivity index (χ0n) is 14.6. The summed E-state index contributed by atoms with van der Waals surface area (Å²) in [4.78, 5) is 14.2. The van der Waals surface area contributed by atoms with E-state index in [9.17, 15) is 9.18 Å². The summed E-state index contributed by atoms with van der Waals surface area (Å²) in [5.41, 5.74) is 0.574. The molecule has 0 saturated heterocycles. The maximum Gasteiger partial charge on any atom is 0.289 e. The van der Waals surface area contributed by atoms with Crippen LogP contribution in [-0.4, -0.2) is 45.3 Å². The lowest BCUT2D eigenvalue weighted by Gasteiger charge is -2.27. The number of fused-ring (bicyclic) bond motifs is 1. The molecule has 0 radical (unpaired) electrons. The van der Waals surface area contributed by atoms with E-state index in [0.29, 0.717) is 43.4 Å². The topological polar surface area (TPSA) is 72.3 Å². The van der Waals surface area contributed by atoms with E-state index in [-0.39, 0.29) is 23.5 Å². The molecule has 0 atom stereocenters. The minimum Gasteiger partial charge on any atom is -0.494 e. The molecule has 1 aromatic heterocycles. The predicted molar refractivity (Wildman–Crippen MR) is 89.7 cm³/mol. The number of amides is 1. The first-order valence-corrected chi connectivity index (χ1v) is 8.26. The summed E-state index contributed by atoms with van der Waals surface area (Å²) in [6, 6.07) is 5.17. The van der Waals surface area contributed by atoms with Crippen LogP contribution in [0.15, 0.2) is 18.2 Å². The second kappa shape index (κ2) is 7.18. The monoisotopic (exact) mass is 347 g/mol. The van der Waals surface area contributed by atoms with Crippen molar-refractivity contribution < 1.29 is 13.9 Å². The highest BCUT2D eigenvalue weighted by Crippen LogP contribution is 2.23. The van der Waals surface area contributed by atoms with Crippen LogP contribution in [0.1, 0.15) is 35.9 Å². The SMILES string of the molecule is COc1cccc(CN2CCn3c(nnc3C(=O)NC(C)C)C2)c1F. The van der Waals surface area contributed by atoms with Crippen molar-refractivity contribution in [2.75, 3.05) is 13.7 Å². The van der Waals surface area contributed by atoms with E-state index in [1.807, 2.05) is 18.4 Å². The molecule has 0 fully saturated rings. The molecule has 0 aliphatic carbocycles. The van der Waals surface area contributed by atoms with Gasteiger partial charge in [-0.3, -0.25) is 9.69 Å². The smallest absolute Gasteiger partial charge is 0.289 e. The highest BCUT2D eigenvalue weighted by atomic mass is 19.1. The van der Waals surface area contributed by atoms with E-state index in [1.165, 1.54) is 7.11 Å². The van der Waals surface area contributed by atoms with Crippen molar-refractivity contribution in [2.24, 2.45) is 0 Å². The number of carbonyl (C=O) groups excluding carboxylic acids is 1. The molecule has 3 rings (SSSR count). The third-order valence-electron chi connectivity index (χ3n) is 4.11. The van der Waals surface area contributed by atoms with Crippen LogP contribution >= 0.6 is 0 Å². The summed E-state index contributed by atoms with van der Waals surface area (Å²) in [6.45, 7) is 6.03. The average molecular weight is 347 g/mol. The zero-order valence-corrected chi connectivity index (χ0v) is 14.6. The van der Waals surface area contributed by atoms with Crippen molar-refractivity contribution in [3.8, 4) is 5.75 Å². The molecule has 0 spiro atoms. The first-order chi connectivity index (χ1) is 12.0. The number of aromatic nitrogens is 3. The van der Waals surface area contributed by atoms with Crippen molar-refractivity contribution in [1.29, 1.82) is 0 Å². The first kappa shape index (κ1) is 17.3. The summed E-state index contributed by atoms with van der Waals surface area (Å²) < 4.78 is 21.2. The molecule has 0 unspecified atom stereocenters. The number of carbonyl (C=O) groups is 1. The van der Waals surface area contributed by atoms with Gasteiger partial charge in [0, 0.05) is 31.2 Å². The molecular weight excluding hydrogens is 325 g/mol. The summed E-state index contributed by atoms with van der Waals surface area (Å²) in [5.74, 6) is 0.722. The normalized spacial score (nSPS) is 14.4. The number of methoxy groups -OCH3 is 1. The van der Waals surface area contributed by atoms with Gasteiger partial charge in [-0.15, -0.1) is 10.2 Å². The maximum atomic E-state index is 14.3. The van der Waals surface area contributed by atoms with Gasteiger partial charge in [-0.2, -0.15) is 0 Å². The van der Waals surface area contributed by atoms with Crippen LogP contribution in [0, 0.1) is 5.82 Å². The van der Waals surface area contributed by atoms with E-state index in [4.69, 9.17) is 4.74 Å². The fourth-order valence-electron chi connectivity index (χ4n) is 2.91. The lowest BCUT2D eigenvalue weighted by atomic mass is 10.1. The quantitative estimate of drug-likeness (QED) is 0.889. The largest absolute Gasteiger partial charge is 0.494 e. The first-order valence-electron chi connectivity index (χ1n) is 8.26. The number of rotatable bonds is 5. The number of hydrogen-bond donors (Lipinski definition) is 1. The van der Waals surface area contributed by atoms with E-state index in [2.05, 4.69) is 20.4 Å². The maximum absolute atomic E-state index is 14.3. The molecule has 1 amide bonds. The Labute approximate surface area is 145 Å². The van der Waals surface area contributed by atoms with Gasteiger partial charge in [-0.05, 0) is 19.9 Å². The Hall–Kier alpha value is -2.48. The minimum absolute atomic E-state index is 0.0385. The second-order valence-electron chi connectivity index (χ2n) is 6.36. The van der Waals surface area contributed by atoms with Gasteiger partial charge in [0.2, 0.25) is 5.82 Å².